The lowest BCUT2D eigenvalue weighted by molar-refractivity contribution is 0.308. The van der Waals surface area contributed by atoms with E-state index >= 15 is 0 Å². The molecule has 1 unspecified atom stereocenters. The molecule has 0 amide bonds. The first-order valence-corrected chi connectivity index (χ1v) is 10.3. The SMILES string of the molecule is CN=C(C)C(C)(C)NCCC(CCNC(C)C)CCNC(C)(C)/C(C)=N/O. The summed E-state index contributed by atoms with van der Waals surface area (Å²) in [6.45, 7) is 19.7. The van der Waals surface area contributed by atoms with Crippen LogP contribution < -0.4 is 16.0 Å². The molecule has 6 heteroatoms. The fourth-order valence-corrected chi connectivity index (χ4v) is 2.85. The van der Waals surface area contributed by atoms with Crippen LogP contribution >= 0.6 is 0 Å². The summed E-state index contributed by atoms with van der Waals surface area (Å²) in [7, 11) is 1.85. The van der Waals surface area contributed by atoms with Gasteiger partial charge in [-0.1, -0.05) is 19.0 Å². The van der Waals surface area contributed by atoms with E-state index in [1.54, 1.807) is 0 Å². The Labute approximate surface area is 167 Å². The molecule has 0 aliphatic carbocycles. The van der Waals surface area contributed by atoms with Crippen molar-refractivity contribution in [3.63, 3.8) is 0 Å². The van der Waals surface area contributed by atoms with E-state index in [1.807, 2.05) is 27.8 Å². The average Bonchev–Trinajstić information content (AvgIpc) is 2.59. The van der Waals surface area contributed by atoms with Crippen LogP contribution in [0.3, 0.4) is 0 Å². The summed E-state index contributed by atoms with van der Waals surface area (Å²) in [6, 6.07) is 0.520. The molecule has 0 aromatic carbocycles. The third kappa shape index (κ3) is 10.8. The van der Waals surface area contributed by atoms with Gasteiger partial charge in [0.2, 0.25) is 0 Å². The van der Waals surface area contributed by atoms with Gasteiger partial charge in [-0.15, -0.1) is 0 Å². The monoisotopic (exact) mass is 383 g/mol. The summed E-state index contributed by atoms with van der Waals surface area (Å²) < 4.78 is 0. The van der Waals surface area contributed by atoms with Crippen molar-refractivity contribution in [2.24, 2.45) is 16.1 Å². The van der Waals surface area contributed by atoms with Crippen molar-refractivity contribution in [3.8, 4) is 0 Å². The number of aliphatic imine (C=N–C) groups is 1. The van der Waals surface area contributed by atoms with Crippen molar-refractivity contribution in [2.75, 3.05) is 26.7 Å². The van der Waals surface area contributed by atoms with E-state index in [-0.39, 0.29) is 11.1 Å². The molecule has 6 nitrogen and oxygen atoms in total. The largest absolute Gasteiger partial charge is 0.411 e. The predicted octanol–water partition coefficient (Wildman–Crippen LogP) is 3.45. The second-order valence-corrected chi connectivity index (χ2v) is 8.94. The second kappa shape index (κ2) is 12.5. The number of nitrogens with one attached hydrogen (secondary N) is 3. The minimum atomic E-state index is -0.287. The Hall–Kier alpha value is -0.980. The molecular weight excluding hydrogens is 338 g/mol. The molecule has 0 fully saturated rings. The molecule has 1 atom stereocenters. The van der Waals surface area contributed by atoms with Crippen molar-refractivity contribution < 1.29 is 5.21 Å². The highest BCUT2D eigenvalue weighted by molar-refractivity contribution is 5.90. The predicted molar refractivity (Wildman–Crippen MR) is 119 cm³/mol. The highest BCUT2D eigenvalue weighted by Gasteiger charge is 2.23. The minimum absolute atomic E-state index is 0.0651. The van der Waals surface area contributed by atoms with Gasteiger partial charge in [-0.3, -0.25) is 4.99 Å². The molecule has 27 heavy (non-hydrogen) atoms. The minimum Gasteiger partial charge on any atom is -0.411 e. The van der Waals surface area contributed by atoms with Gasteiger partial charge < -0.3 is 21.2 Å². The van der Waals surface area contributed by atoms with Crippen LogP contribution in [0.4, 0.5) is 0 Å². The Kier molecular flexibility index (Phi) is 12.0. The molecule has 160 valence electrons. The normalized spacial score (nSPS) is 15.5. The van der Waals surface area contributed by atoms with Crippen molar-refractivity contribution in [1.29, 1.82) is 0 Å². The third-order valence-electron chi connectivity index (χ3n) is 5.64. The standard InChI is InChI=1S/C21H45N5O/c1-16(2)23-13-10-19(11-14-24-20(5,6)17(3)22-9)12-15-25-21(7,8)18(4)26-27/h16,19,23-25,27H,10-15H2,1-9H3/b22-17?,26-18+. The fraction of sp³-hybridized carbons (Fsp3) is 0.905. The van der Waals surface area contributed by atoms with Gasteiger partial charge in [-0.25, -0.2) is 0 Å². The molecule has 0 aliphatic rings. The van der Waals surface area contributed by atoms with Crippen molar-refractivity contribution in [2.45, 2.75) is 91.8 Å². The van der Waals surface area contributed by atoms with E-state index in [0.29, 0.717) is 17.7 Å². The number of oxime groups is 1. The molecule has 4 N–H and O–H groups in total. The van der Waals surface area contributed by atoms with Crippen LogP contribution in [0.2, 0.25) is 0 Å². The number of rotatable bonds is 14. The summed E-state index contributed by atoms with van der Waals surface area (Å²) in [4.78, 5) is 4.33. The zero-order valence-electron chi connectivity index (χ0n) is 19.2. The molecule has 0 saturated carbocycles. The second-order valence-electron chi connectivity index (χ2n) is 8.94. The Morgan fingerprint density at radius 1 is 0.852 bits per heavy atom. The highest BCUT2D eigenvalue weighted by atomic mass is 16.4. The van der Waals surface area contributed by atoms with Crippen molar-refractivity contribution in [3.05, 3.63) is 0 Å². The van der Waals surface area contributed by atoms with Crippen LogP contribution in [0.5, 0.6) is 0 Å². The first-order chi connectivity index (χ1) is 12.5. The van der Waals surface area contributed by atoms with Gasteiger partial charge in [0.15, 0.2) is 0 Å². The number of nitrogens with zero attached hydrogens (tertiary/aromatic N) is 2. The Bertz CT molecular complexity index is 433. The quantitative estimate of drug-likeness (QED) is 0.210. The van der Waals surface area contributed by atoms with E-state index in [9.17, 15) is 0 Å². The van der Waals surface area contributed by atoms with Crippen LogP contribution in [0.1, 0.15) is 74.7 Å². The first-order valence-electron chi connectivity index (χ1n) is 10.3. The molecule has 0 aromatic heterocycles. The molecule has 0 heterocycles. The Morgan fingerprint density at radius 2 is 1.30 bits per heavy atom. The molecule has 0 aliphatic heterocycles. The summed E-state index contributed by atoms with van der Waals surface area (Å²) >= 11 is 0. The van der Waals surface area contributed by atoms with Crippen LogP contribution in [-0.2, 0) is 0 Å². The number of hydrogen-bond donors (Lipinski definition) is 4. The van der Waals surface area contributed by atoms with Crippen LogP contribution in [0.25, 0.3) is 0 Å². The molecule has 0 saturated heterocycles. The Balaban J connectivity index is 4.60. The summed E-state index contributed by atoms with van der Waals surface area (Å²) in [5.74, 6) is 0.632. The lowest BCUT2D eigenvalue weighted by atomic mass is 9.93. The first kappa shape index (κ1) is 26.0. The lowest BCUT2D eigenvalue weighted by Crippen LogP contribution is -2.47. The Morgan fingerprint density at radius 3 is 1.70 bits per heavy atom. The van der Waals surface area contributed by atoms with Gasteiger partial charge in [-0.2, -0.15) is 0 Å². The van der Waals surface area contributed by atoms with Crippen molar-refractivity contribution >= 4 is 11.4 Å². The van der Waals surface area contributed by atoms with E-state index in [2.05, 4.69) is 60.7 Å². The lowest BCUT2D eigenvalue weighted by Gasteiger charge is -2.29. The van der Waals surface area contributed by atoms with E-state index in [4.69, 9.17) is 5.21 Å². The zero-order valence-corrected chi connectivity index (χ0v) is 19.2. The third-order valence-corrected chi connectivity index (χ3v) is 5.64. The van der Waals surface area contributed by atoms with Gasteiger partial charge in [0.1, 0.15) is 0 Å². The van der Waals surface area contributed by atoms with E-state index < -0.39 is 0 Å². The maximum Gasteiger partial charge on any atom is 0.0734 e. The molecule has 0 rings (SSSR count). The number of hydrogen-bond acceptors (Lipinski definition) is 6. The summed E-state index contributed by atoms with van der Waals surface area (Å²) in [6.07, 6.45) is 3.40. The molecule has 0 radical (unpaired) electrons. The van der Waals surface area contributed by atoms with Crippen molar-refractivity contribution in [1.82, 2.24) is 16.0 Å². The van der Waals surface area contributed by atoms with Crippen LogP contribution in [0.15, 0.2) is 10.1 Å². The maximum absolute atomic E-state index is 9.03. The van der Waals surface area contributed by atoms with Gasteiger partial charge in [0.25, 0.3) is 0 Å². The van der Waals surface area contributed by atoms with E-state index in [0.717, 1.165) is 44.6 Å². The summed E-state index contributed by atoms with van der Waals surface area (Å²) in [5.41, 5.74) is 1.48. The van der Waals surface area contributed by atoms with Gasteiger partial charge in [0, 0.05) is 18.8 Å². The summed E-state index contributed by atoms with van der Waals surface area (Å²) in [5, 5.41) is 23.1. The molecular formula is C21H45N5O. The fourth-order valence-electron chi connectivity index (χ4n) is 2.85. The van der Waals surface area contributed by atoms with Crippen LogP contribution in [0, 0.1) is 5.92 Å². The van der Waals surface area contributed by atoms with E-state index in [1.165, 1.54) is 0 Å². The molecule has 0 bridgehead atoms. The van der Waals surface area contributed by atoms with Gasteiger partial charge in [-0.05, 0) is 86.4 Å². The topological polar surface area (TPSA) is 81.0 Å². The zero-order chi connectivity index (χ0) is 21.1. The molecule has 0 aromatic rings. The smallest absolute Gasteiger partial charge is 0.0734 e. The average molecular weight is 384 g/mol. The maximum atomic E-state index is 9.03. The van der Waals surface area contributed by atoms with Gasteiger partial charge in [0.05, 0.1) is 16.8 Å². The molecule has 0 spiro atoms. The highest BCUT2D eigenvalue weighted by Crippen LogP contribution is 2.15. The van der Waals surface area contributed by atoms with Gasteiger partial charge >= 0.3 is 0 Å². The van der Waals surface area contributed by atoms with Crippen LogP contribution in [-0.4, -0.2) is 60.4 Å².